The van der Waals surface area contributed by atoms with E-state index in [2.05, 4.69) is 12.2 Å². The van der Waals surface area contributed by atoms with E-state index in [1.54, 1.807) is 4.90 Å². The van der Waals surface area contributed by atoms with Gasteiger partial charge >= 0.3 is 0 Å². The maximum atomic E-state index is 13.2. The fraction of sp³-hybridized carbons (Fsp3) is 0.462. The first-order valence-electron chi connectivity index (χ1n) is 11.2. The fourth-order valence-corrected chi connectivity index (χ4v) is 3.50. The molecule has 0 aliphatic carbocycles. The van der Waals surface area contributed by atoms with Crippen molar-refractivity contribution in [1.82, 2.24) is 10.2 Å². The van der Waals surface area contributed by atoms with Crippen molar-refractivity contribution in [2.45, 2.75) is 66.5 Å². The fourth-order valence-electron chi connectivity index (χ4n) is 3.50. The molecule has 0 saturated carbocycles. The summed E-state index contributed by atoms with van der Waals surface area (Å²) in [5, 5.41) is 2.98. The number of nitrogens with zero attached hydrogens (tertiary/aromatic N) is 1. The zero-order chi connectivity index (χ0) is 22.8. The van der Waals surface area contributed by atoms with Crippen LogP contribution in [0.25, 0.3) is 0 Å². The lowest BCUT2D eigenvalue weighted by molar-refractivity contribution is -0.143. The number of unbranched alkanes of at least 4 members (excludes halogenated alkanes) is 1. The van der Waals surface area contributed by atoms with E-state index in [0.29, 0.717) is 25.3 Å². The lowest BCUT2D eigenvalue weighted by atomic mass is 10.1. The van der Waals surface area contributed by atoms with Gasteiger partial charge in [-0.05, 0) is 50.8 Å². The van der Waals surface area contributed by atoms with Crippen molar-refractivity contribution in [3.05, 3.63) is 64.7 Å². The second-order valence-corrected chi connectivity index (χ2v) is 8.13. The van der Waals surface area contributed by atoms with Crippen LogP contribution in [0.2, 0.25) is 0 Å². The number of carbonyl (C=O) groups excluding carboxylic acids is 2. The molecule has 0 aliphatic rings. The van der Waals surface area contributed by atoms with Gasteiger partial charge in [-0.3, -0.25) is 9.59 Å². The van der Waals surface area contributed by atoms with Crippen molar-refractivity contribution in [2.24, 2.45) is 0 Å². The predicted molar refractivity (Wildman–Crippen MR) is 125 cm³/mol. The van der Waals surface area contributed by atoms with Gasteiger partial charge in [0, 0.05) is 13.1 Å². The Kier molecular flexibility index (Phi) is 9.57. The quantitative estimate of drug-likeness (QED) is 0.531. The molecule has 2 rings (SSSR count). The van der Waals surface area contributed by atoms with Gasteiger partial charge in [0.1, 0.15) is 11.8 Å². The minimum absolute atomic E-state index is 0.103. The molecule has 1 atom stereocenters. The summed E-state index contributed by atoms with van der Waals surface area (Å²) in [4.78, 5) is 27.7. The van der Waals surface area contributed by atoms with E-state index in [4.69, 9.17) is 4.74 Å². The zero-order valence-electron chi connectivity index (χ0n) is 19.5. The molecule has 168 valence electrons. The summed E-state index contributed by atoms with van der Waals surface area (Å²) in [6.07, 6.45) is 2.47. The summed E-state index contributed by atoms with van der Waals surface area (Å²) in [5.74, 6) is 0.385. The summed E-state index contributed by atoms with van der Waals surface area (Å²) in [6, 6.07) is 13.4. The van der Waals surface area contributed by atoms with Gasteiger partial charge in [-0.1, -0.05) is 67.8 Å². The van der Waals surface area contributed by atoms with Crippen LogP contribution in [0, 0.1) is 20.8 Å². The Labute approximate surface area is 186 Å². The van der Waals surface area contributed by atoms with E-state index in [9.17, 15) is 9.59 Å². The molecule has 0 bridgehead atoms. The Bertz CT molecular complexity index is 861. The predicted octanol–water partition coefficient (Wildman–Crippen LogP) is 4.71. The molecule has 0 aromatic heterocycles. The minimum Gasteiger partial charge on any atom is -0.483 e. The second kappa shape index (κ2) is 12.1. The van der Waals surface area contributed by atoms with Gasteiger partial charge in [-0.25, -0.2) is 0 Å². The molecular weight excluding hydrogens is 388 g/mol. The second-order valence-electron chi connectivity index (χ2n) is 8.13. The minimum atomic E-state index is -0.534. The molecule has 2 aromatic carbocycles. The van der Waals surface area contributed by atoms with E-state index < -0.39 is 6.04 Å². The van der Waals surface area contributed by atoms with Gasteiger partial charge in [0.15, 0.2) is 6.61 Å². The Hall–Kier alpha value is -2.82. The number of nitrogens with one attached hydrogen (secondary N) is 1. The molecule has 0 aliphatic heterocycles. The standard InChI is InChI=1S/C26H36N2O3/c1-6-8-15-27-26(30)23(7-2)28(17-22-12-9-19(3)10-13-22)25(29)18-31-24-14-11-20(4)16-21(24)5/h9-14,16,23H,6-8,15,17-18H2,1-5H3,(H,27,30). The number of hydrogen-bond donors (Lipinski definition) is 1. The first kappa shape index (κ1) is 24.4. The number of ether oxygens (including phenoxy) is 1. The number of carbonyl (C=O) groups is 2. The van der Waals surface area contributed by atoms with E-state index in [0.717, 1.165) is 35.1 Å². The van der Waals surface area contributed by atoms with Crippen LogP contribution >= 0.6 is 0 Å². The molecule has 0 saturated heterocycles. The van der Waals surface area contributed by atoms with Crippen LogP contribution in [-0.4, -0.2) is 35.9 Å². The highest BCUT2D eigenvalue weighted by Gasteiger charge is 2.28. The lowest BCUT2D eigenvalue weighted by Gasteiger charge is -2.30. The van der Waals surface area contributed by atoms with Crippen molar-refractivity contribution in [3.8, 4) is 5.75 Å². The van der Waals surface area contributed by atoms with Crippen LogP contribution in [0.4, 0.5) is 0 Å². The van der Waals surface area contributed by atoms with Crippen molar-refractivity contribution in [1.29, 1.82) is 0 Å². The van der Waals surface area contributed by atoms with E-state index >= 15 is 0 Å². The summed E-state index contributed by atoms with van der Waals surface area (Å²) in [6.45, 7) is 10.9. The molecular formula is C26H36N2O3. The summed E-state index contributed by atoms with van der Waals surface area (Å²) < 4.78 is 5.84. The maximum absolute atomic E-state index is 13.2. The van der Waals surface area contributed by atoms with Gasteiger partial charge in [0.25, 0.3) is 5.91 Å². The smallest absolute Gasteiger partial charge is 0.261 e. The number of aryl methyl sites for hydroxylation is 3. The van der Waals surface area contributed by atoms with Gasteiger partial charge in [-0.2, -0.15) is 0 Å². The highest BCUT2D eigenvalue weighted by molar-refractivity contribution is 5.88. The number of benzene rings is 2. The van der Waals surface area contributed by atoms with Crippen LogP contribution in [0.3, 0.4) is 0 Å². The van der Waals surface area contributed by atoms with Gasteiger partial charge in [-0.15, -0.1) is 0 Å². The number of rotatable bonds is 11. The average molecular weight is 425 g/mol. The summed E-state index contributed by atoms with van der Waals surface area (Å²) in [5.41, 5.74) is 4.28. The topological polar surface area (TPSA) is 58.6 Å². The van der Waals surface area contributed by atoms with Crippen molar-refractivity contribution < 1.29 is 14.3 Å². The summed E-state index contributed by atoms with van der Waals surface area (Å²) in [7, 11) is 0. The molecule has 5 heteroatoms. The van der Waals surface area contributed by atoms with Crippen molar-refractivity contribution in [2.75, 3.05) is 13.2 Å². The Balaban J connectivity index is 2.18. The molecule has 2 aromatic rings. The molecule has 5 nitrogen and oxygen atoms in total. The highest BCUT2D eigenvalue weighted by Crippen LogP contribution is 2.20. The normalized spacial score (nSPS) is 11.6. The molecule has 31 heavy (non-hydrogen) atoms. The van der Waals surface area contributed by atoms with Crippen LogP contribution in [-0.2, 0) is 16.1 Å². The van der Waals surface area contributed by atoms with Gasteiger partial charge < -0.3 is 15.0 Å². The Morgan fingerprint density at radius 3 is 2.29 bits per heavy atom. The van der Waals surface area contributed by atoms with Crippen molar-refractivity contribution in [3.63, 3.8) is 0 Å². The Morgan fingerprint density at radius 2 is 1.68 bits per heavy atom. The summed E-state index contributed by atoms with van der Waals surface area (Å²) >= 11 is 0. The SMILES string of the molecule is CCCCNC(=O)C(CC)N(Cc1ccc(C)cc1)C(=O)COc1ccc(C)cc1C. The first-order valence-corrected chi connectivity index (χ1v) is 11.2. The first-order chi connectivity index (χ1) is 14.8. The van der Waals surface area contributed by atoms with Crippen LogP contribution < -0.4 is 10.1 Å². The lowest BCUT2D eigenvalue weighted by Crippen LogP contribution is -2.50. The molecule has 0 spiro atoms. The molecule has 0 radical (unpaired) electrons. The van der Waals surface area contributed by atoms with Crippen LogP contribution in [0.5, 0.6) is 5.75 Å². The Morgan fingerprint density at radius 1 is 1.00 bits per heavy atom. The third kappa shape index (κ3) is 7.42. The third-order valence-electron chi connectivity index (χ3n) is 5.37. The average Bonchev–Trinajstić information content (AvgIpc) is 2.74. The molecule has 2 amide bonds. The third-order valence-corrected chi connectivity index (χ3v) is 5.37. The molecule has 0 heterocycles. The zero-order valence-corrected chi connectivity index (χ0v) is 19.5. The maximum Gasteiger partial charge on any atom is 0.261 e. The van der Waals surface area contributed by atoms with Gasteiger partial charge in [0.2, 0.25) is 5.91 Å². The van der Waals surface area contributed by atoms with Crippen molar-refractivity contribution >= 4 is 11.8 Å². The molecule has 1 unspecified atom stereocenters. The monoisotopic (exact) mass is 424 g/mol. The van der Waals surface area contributed by atoms with Crippen LogP contribution in [0.15, 0.2) is 42.5 Å². The largest absolute Gasteiger partial charge is 0.483 e. The highest BCUT2D eigenvalue weighted by atomic mass is 16.5. The molecule has 1 N–H and O–H groups in total. The number of hydrogen-bond acceptors (Lipinski definition) is 3. The van der Waals surface area contributed by atoms with E-state index in [1.165, 1.54) is 0 Å². The van der Waals surface area contributed by atoms with Gasteiger partial charge in [0.05, 0.1) is 0 Å². The van der Waals surface area contributed by atoms with Crippen LogP contribution in [0.1, 0.15) is 55.4 Å². The van der Waals surface area contributed by atoms with E-state index in [-0.39, 0.29) is 18.4 Å². The molecule has 0 fully saturated rings. The number of amides is 2. The van der Waals surface area contributed by atoms with E-state index in [1.807, 2.05) is 70.2 Å².